The van der Waals surface area contributed by atoms with Crippen LogP contribution in [0.5, 0.6) is 0 Å². The first-order valence-corrected chi connectivity index (χ1v) is 7.08. The lowest BCUT2D eigenvalue weighted by Gasteiger charge is -2.19. The molecule has 1 N–H and O–H groups in total. The van der Waals surface area contributed by atoms with E-state index >= 15 is 0 Å². The van der Waals surface area contributed by atoms with Crippen LogP contribution in [0.2, 0.25) is 0 Å². The Kier molecular flexibility index (Phi) is 6.41. The molecule has 0 aliphatic carbocycles. The molecular weight excluding hydrogens is 323 g/mol. The molecule has 0 aromatic heterocycles. The Morgan fingerprint density at radius 3 is 2.42 bits per heavy atom. The highest BCUT2D eigenvalue weighted by molar-refractivity contribution is 5.96. The van der Waals surface area contributed by atoms with Gasteiger partial charge in [0.05, 0.1) is 19.2 Å². The van der Waals surface area contributed by atoms with Crippen LogP contribution < -0.4 is 5.32 Å². The third-order valence-corrected chi connectivity index (χ3v) is 3.07. The SMILES string of the molecule is COC(=O)CC(C)(C)CC#Cc1ccccc1NC(=O)C(F)(F)F. The summed E-state index contributed by atoms with van der Waals surface area (Å²) in [5.74, 6) is 3.15. The maximum absolute atomic E-state index is 12.3. The molecule has 1 rings (SSSR count). The van der Waals surface area contributed by atoms with Gasteiger partial charge in [0.1, 0.15) is 0 Å². The predicted molar refractivity (Wildman–Crippen MR) is 83.0 cm³/mol. The van der Waals surface area contributed by atoms with E-state index in [0.29, 0.717) is 6.42 Å². The van der Waals surface area contributed by atoms with E-state index in [1.165, 1.54) is 25.3 Å². The van der Waals surface area contributed by atoms with Crippen LogP contribution in [0.4, 0.5) is 18.9 Å². The minimum Gasteiger partial charge on any atom is -0.469 e. The monoisotopic (exact) mass is 341 g/mol. The zero-order valence-corrected chi connectivity index (χ0v) is 13.6. The van der Waals surface area contributed by atoms with Crippen LogP contribution in [0.1, 0.15) is 32.3 Å². The number of anilines is 1. The number of carbonyl (C=O) groups is 2. The van der Waals surface area contributed by atoms with Crippen molar-refractivity contribution in [2.45, 2.75) is 32.9 Å². The van der Waals surface area contributed by atoms with Gasteiger partial charge < -0.3 is 10.1 Å². The summed E-state index contributed by atoms with van der Waals surface area (Å²) in [6.45, 7) is 3.66. The number of hydrogen-bond acceptors (Lipinski definition) is 3. The molecule has 0 spiro atoms. The molecule has 0 aliphatic rings. The molecule has 4 nitrogen and oxygen atoms in total. The standard InChI is InChI=1S/C17H18F3NO3/c1-16(2,11-14(22)24-3)10-6-8-12-7-4-5-9-13(12)21-15(23)17(18,19)20/h4-5,7,9H,10-11H2,1-3H3,(H,21,23). The molecule has 0 unspecified atom stereocenters. The van der Waals surface area contributed by atoms with Crippen molar-refractivity contribution in [3.63, 3.8) is 0 Å². The van der Waals surface area contributed by atoms with E-state index in [2.05, 4.69) is 16.6 Å². The number of halogens is 3. The molecule has 130 valence electrons. The number of methoxy groups -OCH3 is 1. The molecule has 0 bridgehead atoms. The van der Waals surface area contributed by atoms with Gasteiger partial charge in [0.15, 0.2) is 0 Å². The number of ether oxygens (including phenoxy) is 1. The normalized spacial score (nSPS) is 11.2. The van der Waals surface area contributed by atoms with Crippen LogP contribution in [0, 0.1) is 17.3 Å². The number of esters is 1. The third kappa shape index (κ3) is 6.32. The van der Waals surface area contributed by atoms with E-state index in [0.717, 1.165) is 0 Å². The number of alkyl halides is 3. The van der Waals surface area contributed by atoms with E-state index in [-0.39, 0.29) is 23.6 Å². The van der Waals surface area contributed by atoms with Crippen LogP contribution in [-0.2, 0) is 14.3 Å². The summed E-state index contributed by atoms with van der Waals surface area (Å²) in [4.78, 5) is 22.3. The van der Waals surface area contributed by atoms with Crippen molar-refractivity contribution in [3.8, 4) is 11.8 Å². The quantitative estimate of drug-likeness (QED) is 0.673. The zero-order valence-electron chi connectivity index (χ0n) is 13.6. The van der Waals surface area contributed by atoms with Crippen molar-refractivity contribution < 1.29 is 27.5 Å². The molecule has 0 saturated carbocycles. The molecule has 1 amide bonds. The first kappa shape index (κ1) is 19.6. The Hall–Kier alpha value is -2.49. The Morgan fingerprint density at radius 2 is 1.83 bits per heavy atom. The summed E-state index contributed by atoms with van der Waals surface area (Å²) < 4.78 is 41.6. The molecule has 1 aromatic carbocycles. The van der Waals surface area contributed by atoms with Gasteiger partial charge in [0.25, 0.3) is 0 Å². The van der Waals surface area contributed by atoms with E-state index in [4.69, 9.17) is 0 Å². The summed E-state index contributed by atoms with van der Waals surface area (Å²) in [6, 6.07) is 5.95. The van der Waals surface area contributed by atoms with Crippen molar-refractivity contribution in [2.24, 2.45) is 5.41 Å². The predicted octanol–water partition coefficient (Wildman–Crippen LogP) is 3.52. The number of amides is 1. The van der Waals surface area contributed by atoms with Gasteiger partial charge in [-0.3, -0.25) is 9.59 Å². The summed E-state index contributed by atoms with van der Waals surface area (Å²) in [5.41, 5.74) is -0.188. The lowest BCUT2D eigenvalue weighted by Crippen LogP contribution is -2.30. The Bertz CT molecular complexity index is 670. The highest BCUT2D eigenvalue weighted by atomic mass is 19.4. The maximum atomic E-state index is 12.3. The molecule has 24 heavy (non-hydrogen) atoms. The molecule has 0 radical (unpaired) electrons. The van der Waals surface area contributed by atoms with Gasteiger partial charge in [-0.15, -0.1) is 0 Å². The van der Waals surface area contributed by atoms with Gasteiger partial charge in [-0.1, -0.05) is 37.8 Å². The molecule has 0 atom stereocenters. The Balaban J connectivity index is 2.87. The fourth-order valence-electron chi connectivity index (χ4n) is 1.80. The smallest absolute Gasteiger partial charge is 0.469 e. The summed E-state index contributed by atoms with van der Waals surface area (Å²) in [7, 11) is 1.30. The second-order valence-corrected chi connectivity index (χ2v) is 5.89. The second-order valence-electron chi connectivity index (χ2n) is 5.89. The van der Waals surface area contributed by atoms with Crippen molar-refractivity contribution in [1.82, 2.24) is 0 Å². The number of rotatable bonds is 4. The lowest BCUT2D eigenvalue weighted by molar-refractivity contribution is -0.167. The molecule has 0 heterocycles. The molecule has 1 aromatic rings. The zero-order chi connectivity index (χ0) is 18.4. The number of nitrogens with one attached hydrogen (secondary N) is 1. The minimum atomic E-state index is -4.97. The maximum Gasteiger partial charge on any atom is 0.471 e. The summed E-state index contributed by atoms with van der Waals surface area (Å²) in [5, 5.41) is 1.80. The van der Waals surface area contributed by atoms with E-state index in [9.17, 15) is 22.8 Å². The summed E-state index contributed by atoms with van der Waals surface area (Å²) in [6.07, 6.45) is -4.46. The van der Waals surface area contributed by atoms with Crippen LogP contribution >= 0.6 is 0 Å². The molecule has 0 aliphatic heterocycles. The largest absolute Gasteiger partial charge is 0.471 e. The molecule has 0 saturated heterocycles. The van der Waals surface area contributed by atoms with E-state index in [1.54, 1.807) is 11.4 Å². The highest BCUT2D eigenvalue weighted by Gasteiger charge is 2.38. The highest BCUT2D eigenvalue weighted by Crippen LogP contribution is 2.25. The van der Waals surface area contributed by atoms with Gasteiger partial charge in [0, 0.05) is 12.0 Å². The van der Waals surface area contributed by atoms with Crippen LogP contribution in [0.3, 0.4) is 0 Å². The fraction of sp³-hybridized carbons (Fsp3) is 0.412. The van der Waals surface area contributed by atoms with Gasteiger partial charge in [-0.25, -0.2) is 0 Å². The van der Waals surface area contributed by atoms with Gasteiger partial charge in [-0.05, 0) is 17.5 Å². The van der Waals surface area contributed by atoms with Crippen molar-refractivity contribution in [1.29, 1.82) is 0 Å². The van der Waals surface area contributed by atoms with Gasteiger partial charge >= 0.3 is 18.1 Å². The number of para-hydroxylation sites is 1. The third-order valence-electron chi connectivity index (χ3n) is 3.07. The molecule has 0 fully saturated rings. The fourth-order valence-corrected chi connectivity index (χ4v) is 1.80. The van der Waals surface area contributed by atoms with Crippen molar-refractivity contribution in [3.05, 3.63) is 29.8 Å². The minimum absolute atomic E-state index is 0.0156. The second kappa shape index (κ2) is 7.86. The lowest BCUT2D eigenvalue weighted by atomic mass is 9.86. The first-order valence-electron chi connectivity index (χ1n) is 7.08. The van der Waals surface area contributed by atoms with Crippen LogP contribution in [-0.4, -0.2) is 25.2 Å². The Morgan fingerprint density at radius 1 is 1.21 bits per heavy atom. The van der Waals surface area contributed by atoms with E-state index < -0.39 is 17.5 Å². The van der Waals surface area contributed by atoms with Crippen LogP contribution in [0.25, 0.3) is 0 Å². The Labute approximate surface area is 138 Å². The number of hydrogen-bond donors (Lipinski definition) is 1. The molecule has 7 heteroatoms. The van der Waals surface area contributed by atoms with Crippen molar-refractivity contribution in [2.75, 3.05) is 12.4 Å². The van der Waals surface area contributed by atoms with E-state index in [1.807, 2.05) is 13.8 Å². The average Bonchev–Trinajstić information content (AvgIpc) is 2.47. The number of benzene rings is 1. The topological polar surface area (TPSA) is 55.4 Å². The first-order chi connectivity index (χ1) is 11.0. The van der Waals surface area contributed by atoms with Crippen molar-refractivity contribution >= 4 is 17.6 Å². The average molecular weight is 341 g/mol. The van der Waals surface area contributed by atoms with Gasteiger partial charge in [-0.2, -0.15) is 13.2 Å². The molecular formula is C17H18F3NO3. The van der Waals surface area contributed by atoms with Gasteiger partial charge in [0.2, 0.25) is 0 Å². The number of carbonyl (C=O) groups excluding carboxylic acids is 2. The summed E-state index contributed by atoms with van der Waals surface area (Å²) >= 11 is 0. The van der Waals surface area contributed by atoms with Crippen LogP contribution in [0.15, 0.2) is 24.3 Å².